The summed E-state index contributed by atoms with van der Waals surface area (Å²) in [6.45, 7) is 1.42. The predicted molar refractivity (Wildman–Crippen MR) is 64.9 cm³/mol. The van der Waals surface area contributed by atoms with E-state index in [1.807, 2.05) is 36.4 Å². The first-order valence-electron chi connectivity index (χ1n) is 5.68. The maximum Gasteiger partial charge on any atom is 0.183 e. The van der Waals surface area contributed by atoms with Crippen LogP contribution in [0.2, 0.25) is 0 Å². The van der Waals surface area contributed by atoms with Crippen LogP contribution in [-0.2, 0) is 9.47 Å². The third kappa shape index (κ3) is 2.95. The maximum absolute atomic E-state index is 8.67. The van der Waals surface area contributed by atoms with E-state index in [-0.39, 0.29) is 11.9 Å². The highest BCUT2D eigenvalue weighted by Gasteiger charge is 2.15. The Bertz CT molecular complexity index is 498. The van der Waals surface area contributed by atoms with Crippen molar-refractivity contribution in [1.82, 2.24) is 0 Å². The molecule has 1 aromatic carbocycles. The zero-order valence-corrected chi connectivity index (χ0v) is 9.80. The van der Waals surface area contributed by atoms with Gasteiger partial charge in [-0.1, -0.05) is 24.3 Å². The molecule has 0 aliphatic carbocycles. The molecule has 0 unspecified atom stereocenters. The highest BCUT2D eigenvalue weighted by Crippen LogP contribution is 2.23. The van der Waals surface area contributed by atoms with Gasteiger partial charge in [0.15, 0.2) is 6.29 Å². The molecule has 0 saturated carbocycles. The summed E-state index contributed by atoms with van der Waals surface area (Å²) in [5, 5.41) is 17.3. The van der Waals surface area contributed by atoms with Gasteiger partial charge in [-0.3, -0.25) is 0 Å². The van der Waals surface area contributed by atoms with Crippen LogP contribution in [0.25, 0.3) is 6.08 Å². The molecule has 0 radical (unpaired) electrons. The average molecular weight is 240 g/mol. The molecule has 4 heteroatoms. The van der Waals surface area contributed by atoms with Crippen molar-refractivity contribution >= 4 is 6.08 Å². The van der Waals surface area contributed by atoms with Crippen LogP contribution in [0.15, 0.2) is 29.8 Å². The summed E-state index contributed by atoms with van der Waals surface area (Å²) >= 11 is 0. The van der Waals surface area contributed by atoms with E-state index in [0.29, 0.717) is 13.2 Å². The highest BCUT2D eigenvalue weighted by atomic mass is 16.7. The minimum absolute atomic E-state index is 0.0907. The van der Waals surface area contributed by atoms with Gasteiger partial charge in [-0.2, -0.15) is 10.5 Å². The van der Waals surface area contributed by atoms with Crippen molar-refractivity contribution < 1.29 is 9.47 Å². The van der Waals surface area contributed by atoms with Crippen molar-refractivity contribution in [2.45, 2.75) is 12.7 Å². The highest BCUT2D eigenvalue weighted by molar-refractivity contribution is 5.62. The summed E-state index contributed by atoms with van der Waals surface area (Å²) < 4.78 is 11.0. The molecule has 1 aliphatic heterocycles. The molecule has 1 heterocycles. The molecule has 0 N–H and O–H groups in total. The minimum Gasteiger partial charge on any atom is -0.348 e. The third-order valence-corrected chi connectivity index (χ3v) is 2.59. The maximum atomic E-state index is 8.67. The first-order chi connectivity index (χ1) is 8.83. The predicted octanol–water partition coefficient (Wildman–Crippen LogP) is 2.55. The van der Waals surface area contributed by atoms with E-state index in [1.165, 1.54) is 0 Å². The molecule has 1 fully saturated rings. The van der Waals surface area contributed by atoms with Gasteiger partial charge in [0, 0.05) is 5.56 Å². The number of hydrogen-bond donors (Lipinski definition) is 0. The largest absolute Gasteiger partial charge is 0.348 e. The topological polar surface area (TPSA) is 66.0 Å². The molecule has 0 amide bonds. The second-order valence-corrected chi connectivity index (χ2v) is 3.88. The van der Waals surface area contributed by atoms with Crippen molar-refractivity contribution in [3.63, 3.8) is 0 Å². The first-order valence-corrected chi connectivity index (χ1v) is 5.68. The van der Waals surface area contributed by atoms with E-state index in [2.05, 4.69) is 0 Å². The Morgan fingerprint density at radius 1 is 1.11 bits per heavy atom. The van der Waals surface area contributed by atoms with Crippen LogP contribution in [0.5, 0.6) is 0 Å². The van der Waals surface area contributed by atoms with Crippen LogP contribution in [0.1, 0.15) is 23.8 Å². The number of nitriles is 2. The van der Waals surface area contributed by atoms with Gasteiger partial charge in [0.1, 0.15) is 17.7 Å². The summed E-state index contributed by atoms with van der Waals surface area (Å²) in [5.74, 6) is 0. The molecule has 0 bridgehead atoms. The fraction of sp³-hybridized carbons (Fsp3) is 0.286. The monoisotopic (exact) mass is 240 g/mol. The van der Waals surface area contributed by atoms with Crippen molar-refractivity contribution in [1.29, 1.82) is 10.5 Å². The summed E-state index contributed by atoms with van der Waals surface area (Å²) in [4.78, 5) is 0. The molecule has 0 spiro atoms. The molecule has 1 saturated heterocycles. The molecule has 1 aromatic rings. The van der Waals surface area contributed by atoms with Gasteiger partial charge in [0.05, 0.1) is 13.2 Å². The van der Waals surface area contributed by atoms with E-state index in [1.54, 1.807) is 6.08 Å². The number of nitrogens with zero attached hydrogens (tertiary/aromatic N) is 2. The van der Waals surface area contributed by atoms with Crippen molar-refractivity contribution in [2.24, 2.45) is 0 Å². The Morgan fingerprint density at radius 2 is 1.72 bits per heavy atom. The van der Waals surface area contributed by atoms with Crippen molar-refractivity contribution in [3.8, 4) is 12.1 Å². The average Bonchev–Trinajstić information content (AvgIpc) is 2.46. The third-order valence-electron chi connectivity index (χ3n) is 2.59. The van der Waals surface area contributed by atoms with Gasteiger partial charge in [-0.05, 0) is 18.1 Å². The molecule has 1 aliphatic rings. The normalized spacial score (nSPS) is 15.4. The van der Waals surface area contributed by atoms with Gasteiger partial charge >= 0.3 is 0 Å². The first kappa shape index (κ1) is 12.3. The SMILES string of the molecule is N#CC(C#N)=Cc1ccc(C2OCCCO2)cc1. The number of ether oxygens (including phenoxy) is 2. The number of rotatable bonds is 2. The summed E-state index contributed by atoms with van der Waals surface area (Å²) in [6, 6.07) is 11.1. The smallest absolute Gasteiger partial charge is 0.183 e. The number of benzene rings is 1. The molecule has 0 atom stereocenters. The Hall–Kier alpha value is -2.14. The van der Waals surface area contributed by atoms with Crippen LogP contribution < -0.4 is 0 Å². The lowest BCUT2D eigenvalue weighted by molar-refractivity contribution is -0.183. The van der Waals surface area contributed by atoms with Gasteiger partial charge in [-0.25, -0.2) is 0 Å². The van der Waals surface area contributed by atoms with E-state index in [0.717, 1.165) is 17.5 Å². The molecule has 18 heavy (non-hydrogen) atoms. The molecule has 0 aromatic heterocycles. The van der Waals surface area contributed by atoms with E-state index in [9.17, 15) is 0 Å². The van der Waals surface area contributed by atoms with Crippen molar-refractivity contribution in [2.75, 3.05) is 13.2 Å². The Morgan fingerprint density at radius 3 is 2.28 bits per heavy atom. The lowest BCUT2D eigenvalue weighted by atomic mass is 10.1. The van der Waals surface area contributed by atoms with Crippen LogP contribution >= 0.6 is 0 Å². The van der Waals surface area contributed by atoms with Crippen molar-refractivity contribution in [3.05, 3.63) is 41.0 Å². The molecular formula is C14H12N2O2. The lowest BCUT2D eigenvalue weighted by Crippen LogP contribution is -2.17. The van der Waals surface area contributed by atoms with E-state index in [4.69, 9.17) is 20.0 Å². The molecule has 4 nitrogen and oxygen atoms in total. The Kier molecular flexibility index (Phi) is 4.09. The molecule has 2 rings (SSSR count). The van der Waals surface area contributed by atoms with Gasteiger partial charge in [-0.15, -0.1) is 0 Å². The molecular weight excluding hydrogens is 228 g/mol. The molecule has 90 valence electrons. The van der Waals surface area contributed by atoms with Crippen LogP contribution in [0.3, 0.4) is 0 Å². The number of allylic oxidation sites excluding steroid dienone is 1. The summed E-state index contributed by atoms with van der Waals surface area (Å²) in [7, 11) is 0. The zero-order chi connectivity index (χ0) is 12.8. The quantitative estimate of drug-likeness (QED) is 0.745. The van der Waals surface area contributed by atoms with Gasteiger partial charge < -0.3 is 9.47 Å². The summed E-state index contributed by atoms with van der Waals surface area (Å²) in [5.41, 5.74) is 1.85. The summed E-state index contributed by atoms with van der Waals surface area (Å²) in [6.07, 6.45) is 2.17. The second-order valence-electron chi connectivity index (χ2n) is 3.88. The van der Waals surface area contributed by atoms with Crippen LogP contribution in [0, 0.1) is 22.7 Å². The van der Waals surface area contributed by atoms with E-state index >= 15 is 0 Å². The Balaban J connectivity index is 2.13. The second kappa shape index (κ2) is 5.97. The van der Waals surface area contributed by atoms with E-state index < -0.39 is 0 Å². The van der Waals surface area contributed by atoms with Crippen LogP contribution in [0.4, 0.5) is 0 Å². The fourth-order valence-electron chi connectivity index (χ4n) is 1.69. The van der Waals surface area contributed by atoms with Gasteiger partial charge in [0.2, 0.25) is 0 Å². The zero-order valence-electron chi connectivity index (χ0n) is 9.80. The van der Waals surface area contributed by atoms with Gasteiger partial charge in [0.25, 0.3) is 0 Å². The van der Waals surface area contributed by atoms with Crippen LogP contribution in [-0.4, -0.2) is 13.2 Å². The minimum atomic E-state index is -0.303. The standard InChI is InChI=1S/C14H12N2O2/c15-9-12(10-16)8-11-2-4-13(5-3-11)14-17-6-1-7-18-14/h2-5,8,14H,1,6-7H2. The lowest BCUT2D eigenvalue weighted by Gasteiger charge is -2.23. The Labute approximate surface area is 106 Å². The fourth-order valence-corrected chi connectivity index (χ4v) is 1.69. The number of hydrogen-bond acceptors (Lipinski definition) is 4.